The van der Waals surface area contributed by atoms with Gasteiger partial charge in [-0.2, -0.15) is 5.10 Å². The molecule has 1 aliphatic heterocycles. The van der Waals surface area contributed by atoms with E-state index in [0.29, 0.717) is 6.54 Å². The molecule has 0 saturated heterocycles. The first-order chi connectivity index (χ1) is 6.07. The van der Waals surface area contributed by atoms with E-state index in [2.05, 4.69) is 5.10 Å². The first kappa shape index (κ1) is 9.76. The highest BCUT2D eigenvalue weighted by Gasteiger charge is 2.38. The van der Waals surface area contributed by atoms with Gasteiger partial charge in [-0.15, -0.1) is 0 Å². The Kier molecular flexibility index (Phi) is 2.69. The first-order valence-corrected chi connectivity index (χ1v) is 4.29. The molecule has 0 spiro atoms. The van der Waals surface area contributed by atoms with Crippen LogP contribution >= 0.6 is 0 Å². The largest absolute Gasteiger partial charge is 0.384 e. The Morgan fingerprint density at radius 1 is 1.69 bits per heavy atom. The number of hydrazone groups is 1. The van der Waals surface area contributed by atoms with Crippen molar-refractivity contribution < 1.29 is 4.92 Å². The van der Waals surface area contributed by atoms with Crippen molar-refractivity contribution >= 4 is 6.34 Å². The fourth-order valence-electron chi connectivity index (χ4n) is 1.26. The van der Waals surface area contributed by atoms with Gasteiger partial charge in [0.2, 0.25) is 0 Å². The van der Waals surface area contributed by atoms with Crippen LogP contribution in [0.5, 0.6) is 0 Å². The second-order valence-corrected chi connectivity index (χ2v) is 3.17. The summed E-state index contributed by atoms with van der Waals surface area (Å²) in [5.74, 6) is 0. The van der Waals surface area contributed by atoms with Crippen LogP contribution in [0.1, 0.15) is 20.8 Å². The molecule has 1 atom stereocenters. The van der Waals surface area contributed by atoms with Crippen molar-refractivity contribution in [3.8, 4) is 0 Å². The molecule has 0 saturated carbocycles. The standard InChI is InChI=1S/C7H14N4O2/c1-4-9-5-8-10(6(2)3)7(9)11(12)13/h5-7H,4H2,1-3H3. The predicted molar refractivity (Wildman–Crippen MR) is 48.6 cm³/mol. The molecule has 0 aromatic carbocycles. The van der Waals surface area contributed by atoms with Crippen molar-refractivity contribution in [3.05, 3.63) is 10.1 Å². The molecule has 1 aliphatic rings. The third kappa shape index (κ3) is 1.71. The zero-order valence-electron chi connectivity index (χ0n) is 8.04. The summed E-state index contributed by atoms with van der Waals surface area (Å²) >= 11 is 0. The zero-order valence-corrected chi connectivity index (χ0v) is 8.04. The van der Waals surface area contributed by atoms with Crippen LogP contribution in [0.2, 0.25) is 0 Å². The summed E-state index contributed by atoms with van der Waals surface area (Å²) in [6.45, 7) is 6.23. The van der Waals surface area contributed by atoms with Gasteiger partial charge in [0.05, 0.1) is 11.0 Å². The van der Waals surface area contributed by atoms with E-state index in [9.17, 15) is 10.1 Å². The van der Waals surface area contributed by atoms with Crippen molar-refractivity contribution in [2.24, 2.45) is 5.10 Å². The zero-order chi connectivity index (χ0) is 10.0. The van der Waals surface area contributed by atoms with E-state index >= 15 is 0 Å². The molecule has 0 amide bonds. The Balaban J connectivity index is 2.78. The lowest BCUT2D eigenvalue weighted by atomic mass is 10.4. The average molecular weight is 186 g/mol. The fraction of sp³-hybridized carbons (Fsp3) is 0.857. The topological polar surface area (TPSA) is 62.0 Å². The van der Waals surface area contributed by atoms with Crippen LogP contribution in [0, 0.1) is 10.1 Å². The van der Waals surface area contributed by atoms with Gasteiger partial charge in [-0.3, -0.25) is 15.0 Å². The van der Waals surface area contributed by atoms with E-state index < -0.39 is 6.29 Å². The number of rotatable bonds is 3. The van der Waals surface area contributed by atoms with Crippen LogP contribution in [0.3, 0.4) is 0 Å². The van der Waals surface area contributed by atoms with Gasteiger partial charge in [0.1, 0.15) is 6.34 Å². The molecule has 0 N–H and O–H groups in total. The van der Waals surface area contributed by atoms with Crippen molar-refractivity contribution in [1.82, 2.24) is 9.91 Å². The summed E-state index contributed by atoms with van der Waals surface area (Å²) in [7, 11) is 0. The smallest absolute Gasteiger partial charge is 0.279 e. The number of hydrogen-bond acceptors (Lipinski definition) is 5. The molecule has 1 heterocycles. The second kappa shape index (κ2) is 3.59. The van der Waals surface area contributed by atoms with Gasteiger partial charge in [-0.25, -0.2) is 5.01 Å². The molecule has 6 nitrogen and oxygen atoms in total. The maximum absolute atomic E-state index is 10.7. The van der Waals surface area contributed by atoms with Gasteiger partial charge in [0.15, 0.2) is 0 Å². The first-order valence-electron chi connectivity index (χ1n) is 4.29. The molecular weight excluding hydrogens is 172 g/mol. The maximum atomic E-state index is 10.7. The molecule has 0 aliphatic carbocycles. The lowest BCUT2D eigenvalue weighted by molar-refractivity contribution is -0.572. The molecule has 0 bridgehead atoms. The SMILES string of the molecule is CCN1C=NN(C(C)C)C1[N+](=O)[O-]. The van der Waals surface area contributed by atoms with Gasteiger partial charge >= 0.3 is 6.29 Å². The van der Waals surface area contributed by atoms with E-state index in [1.807, 2.05) is 20.8 Å². The average Bonchev–Trinajstić information content (AvgIpc) is 2.46. The molecule has 0 aromatic heterocycles. The summed E-state index contributed by atoms with van der Waals surface area (Å²) in [5.41, 5.74) is 0. The van der Waals surface area contributed by atoms with E-state index in [1.165, 1.54) is 11.3 Å². The third-order valence-electron chi connectivity index (χ3n) is 1.95. The molecule has 0 fully saturated rings. The van der Waals surface area contributed by atoms with Crippen molar-refractivity contribution in [3.63, 3.8) is 0 Å². The fourth-order valence-corrected chi connectivity index (χ4v) is 1.26. The molecule has 0 aromatic rings. The predicted octanol–water partition coefficient (Wildman–Crippen LogP) is 0.536. The Bertz CT molecular complexity index is 229. The lowest BCUT2D eigenvalue weighted by Crippen LogP contribution is -2.47. The quantitative estimate of drug-likeness (QED) is 0.476. The molecule has 74 valence electrons. The maximum Gasteiger partial charge on any atom is 0.384 e. The summed E-state index contributed by atoms with van der Waals surface area (Å²) in [4.78, 5) is 12.0. The third-order valence-corrected chi connectivity index (χ3v) is 1.95. The second-order valence-electron chi connectivity index (χ2n) is 3.17. The minimum Gasteiger partial charge on any atom is -0.279 e. The van der Waals surface area contributed by atoms with Crippen LogP contribution in [0.25, 0.3) is 0 Å². The lowest BCUT2D eigenvalue weighted by Gasteiger charge is -2.24. The van der Waals surface area contributed by atoms with Crippen molar-refractivity contribution in [1.29, 1.82) is 0 Å². The molecule has 13 heavy (non-hydrogen) atoms. The Hall–Kier alpha value is -1.33. The Morgan fingerprint density at radius 3 is 2.69 bits per heavy atom. The van der Waals surface area contributed by atoms with Crippen molar-refractivity contribution in [2.45, 2.75) is 33.1 Å². The van der Waals surface area contributed by atoms with E-state index in [4.69, 9.17) is 0 Å². The van der Waals surface area contributed by atoms with Crippen LogP contribution in [0.4, 0.5) is 0 Å². The minimum atomic E-state index is -0.829. The summed E-state index contributed by atoms with van der Waals surface area (Å²) in [6, 6.07) is 0.0446. The monoisotopic (exact) mass is 186 g/mol. The number of nitro groups is 1. The van der Waals surface area contributed by atoms with Gasteiger partial charge in [-0.1, -0.05) is 0 Å². The van der Waals surface area contributed by atoms with Crippen molar-refractivity contribution in [2.75, 3.05) is 6.54 Å². The summed E-state index contributed by atoms with van der Waals surface area (Å²) in [6.07, 6.45) is 0.693. The Labute approximate surface area is 77.0 Å². The van der Waals surface area contributed by atoms with Crippen LogP contribution < -0.4 is 0 Å². The minimum absolute atomic E-state index is 0.0446. The van der Waals surface area contributed by atoms with Crippen LogP contribution in [-0.4, -0.2) is 40.0 Å². The number of hydrogen-bond donors (Lipinski definition) is 0. The van der Waals surface area contributed by atoms with Crippen LogP contribution in [0.15, 0.2) is 5.10 Å². The molecule has 0 radical (unpaired) electrons. The summed E-state index contributed by atoms with van der Waals surface area (Å²) < 4.78 is 0. The molecule has 6 heteroatoms. The molecule has 1 unspecified atom stereocenters. The van der Waals surface area contributed by atoms with Crippen LogP contribution in [-0.2, 0) is 0 Å². The highest BCUT2D eigenvalue weighted by molar-refractivity contribution is 5.56. The molecule has 1 rings (SSSR count). The number of nitrogens with zero attached hydrogens (tertiary/aromatic N) is 4. The van der Waals surface area contributed by atoms with E-state index in [0.717, 1.165) is 0 Å². The normalized spacial score (nSPS) is 21.7. The Morgan fingerprint density at radius 2 is 2.31 bits per heavy atom. The van der Waals surface area contributed by atoms with Gasteiger partial charge < -0.3 is 0 Å². The van der Waals surface area contributed by atoms with E-state index in [1.54, 1.807) is 4.90 Å². The van der Waals surface area contributed by atoms with Gasteiger partial charge in [-0.05, 0) is 20.8 Å². The highest BCUT2D eigenvalue weighted by atomic mass is 16.6. The summed E-state index contributed by atoms with van der Waals surface area (Å²) in [5, 5.41) is 16.2. The molecular formula is C7H14N4O2. The highest BCUT2D eigenvalue weighted by Crippen LogP contribution is 2.15. The van der Waals surface area contributed by atoms with Gasteiger partial charge in [0, 0.05) is 6.54 Å². The van der Waals surface area contributed by atoms with Gasteiger partial charge in [0.25, 0.3) is 0 Å². The van der Waals surface area contributed by atoms with E-state index in [-0.39, 0.29) is 11.0 Å².